The van der Waals surface area contributed by atoms with E-state index in [9.17, 15) is 8.78 Å². The molecule has 0 aromatic heterocycles. The molecule has 2 rings (SSSR count). The van der Waals surface area contributed by atoms with Crippen molar-refractivity contribution in [2.45, 2.75) is 24.9 Å². The zero-order valence-electron chi connectivity index (χ0n) is 9.66. The van der Waals surface area contributed by atoms with Crippen LogP contribution in [0.2, 0.25) is 0 Å². The monoisotopic (exact) mass is 241 g/mol. The minimum Gasteiger partial charge on any atom is -0.371 e. The number of ether oxygens (including phenoxy) is 1. The van der Waals surface area contributed by atoms with E-state index in [4.69, 9.17) is 4.74 Å². The van der Waals surface area contributed by atoms with Crippen LogP contribution < -0.4 is 5.32 Å². The molecule has 1 aromatic rings. The van der Waals surface area contributed by atoms with Gasteiger partial charge in [0.15, 0.2) is 0 Å². The van der Waals surface area contributed by atoms with Gasteiger partial charge < -0.3 is 10.1 Å². The van der Waals surface area contributed by atoms with Crippen molar-refractivity contribution in [2.75, 3.05) is 19.7 Å². The van der Waals surface area contributed by atoms with Crippen molar-refractivity contribution in [3.63, 3.8) is 0 Å². The van der Waals surface area contributed by atoms with Crippen molar-refractivity contribution < 1.29 is 13.5 Å². The Kier molecular flexibility index (Phi) is 4.07. The highest BCUT2D eigenvalue weighted by Crippen LogP contribution is 2.28. The Morgan fingerprint density at radius 1 is 1.18 bits per heavy atom. The molecule has 1 heterocycles. The predicted octanol–water partition coefficient (Wildman–Crippen LogP) is 2.55. The number of rotatable bonds is 4. The Balaban J connectivity index is 1.88. The van der Waals surface area contributed by atoms with Crippen molar-refractivity contribution in [3.05, 3.63) is 35.9 Å². The van der Waals surface area contributed by atoms with Gasteiger partial charge in [-0.15, -0.1) is 0 Å². The van der Waals surface area contributed by atoms with Crippen molar-refractivity contribution in [3.8, 4) is 0 Å². The molecule has 0 amide bonds. The van der Waals surface area contributed by atoms with Crippen LogP contribution >= 0.6 is 0 Å². The van der Waals surface area contributed by atoms with Gasteiger partial charge in [-0.1, -0.05) is 30.3 Å². The Morgan fingerprint density at radius 3 is 2.47 bits per heavy atom. The maximum Gasteiger partial charge on any atom is 0.296 e. The Morgan fingerprint density at radius 2 is 1.82 bits per heavy atom. The molecule has 0 atom stereocenters. The molecule has 0 radical (unpaired) electrons. The van der Waals surface area contributed by atoms with Crippen LogP contribution in [0.15, 0.2) is 30.3 Å². The zero-order chi connectivity index (χ0) is 12.1. The van der Waals surface area contributed by atoms with Crippen molar-refractivity contribution >= 4 is 0 Å². The Labute approximate surface area is 100.0 Å². The lowest BCUT2D eigenvalue weighted by Gasteiger charge is -2.25. The van der Waals surface area contributed by atoms with E-state index in [0.717, 1.165) is 25.9 Å². The molecule has 1 N–H and O–H groups in total. The van der Waals surface area contributed by atoms with Gasteiger partial charge in [0.25, 0.3) is 5.92 Å². The number of hydrogen-bond donors (Lipinski definition) is 1. The first-order valence-electron chi connectivity index (χ1n) is 5.94. The standard InChI is InChI=1S/C13H17F2NO/c14-13(15,11-4-2-1-3-5-11)10-17-12-6-8-16-9-7-12/h1-5,12,16H,6-10H2. The lowest BCUT2D eigenvalue weighted by molar-refractivity contribution is -0.109. The molecule has 1 aromatic carbocycles. The second-order valence-electron chi connectivity index (χ2n) is 4.33. The summed E-state index contributed by atoms with van der Waals surface area (Å²) in [7, 11) is 0. The Hall–Kier alpha value is -1.00. The molecule has 1 aliphatic heterocycles. The highest BCUT2D eigenvalue weighted by atomic mass is 19.3. The summed E-state index contributed by atoms with van der Waals surface area (Å²) in [5, 5.41) is 3.18. The van der Waals surface area contributed by atoms with Gasteiger partial charge in [-0.25, -0.2) is 0 Å². The molecule has 1 fully saturated rings. The average molecular weight is 241 g/mol. The molecule has 0 aliphatic carbocycles. The molecule has 0 spiro atoms. The summed E-state index contributed by atoms with van der Waals surface area (Å²) >= 11 is 0. The number of benzene rings is 1. The van der Waals surface area contributed by atoms with Crippen LogP contribution in [0.5, 0.6) is 0 Å². The number of hydrogen-bond acceptors (Lipinski definition) is 2. The van der Waals surface area contributed by atoms with Crippen molar-refractivity contribution in [1.29, 1.82) is 0 Å². The topological polar surface area (TPSA) is 21.3 Å². The molecule has 17 heavy (non-hydrogen) atoms. The van der Waals surface area contributed by atoms with Crippen LogP contribution in [0.3, 0.4) is 0 Å². The lowest BCUT2D eigenvalue weighted by atomic mass is 10.1. The minimum absolute atomic E-state index is 0.0222. The summed E-state index contributed by atoms with van der Waals surface area (Å²) in [6, 6.07) is 7.84. The van der Waals surface area contributed by atoms with Crippen LogP contribution in [0.4, 0.5) is 8.78 Å². The quantitative estimate of drug-likeness (QED) is 0.874. The first kappa shape index (κ1) is 12.5. The smallest absolute Gasteiger partial charge is 0.296 e. The molecule has 4 heteroatoms. The van der Waals surface area contributed by atoms with Gasteiger partial charge in [0, 0.05) is 5.56 Å². The van der Waals surface area contributed by atoms with E-state index in [1.54, 1.807) is 18.2 Å². The fraction of sp³-hybridized carbons (Fsp3) is 0.538. The second-order valence-corrected chi connectivity index (χ2v) is 4.33. The third kappa shape index (κ3) is 3.48. The maximum atomic E-state index is 13.8. The summed E-state index contributed by atoms with van der Waals surface area (Å²) in [6.45, 7) is 1.17. The number of nitrogens with one attached hydrogen (secondary N) is 1. The van der Waals surface area contributed by atoms with Gasteiger partial charge in [0.2, 0.25) is 0 Å². The van der Waals surface area contributed by atoms with Crippen LogP contribution in [0.1, 0.15) is 18.4 Å². The SMILES string of the molecule is FC(F)(COC1CCNCC1)c1ccccc1. The minimum atomic E-state index is -2.90. The molecular formula is C13H17F2NO. The van der Waals surface area contributed by atoms with E-state index < -0.39 is 12.5 Å². The summed E-state index contributed by atoms with van der Waals surface area (Å²) in [5.74, 6) is -2.90. The van der Waals surface area contributed by atoms with E-state index in [1.165, 1.54) is 12.1 Å². The maximum absolute atomic E-state index is 13.8. The molecule has 94 valence electrons. The zero-order valence-corrected chi connectivity index (χ0v) is 9.66. The lowest BCUT2D eigenvalue weighted by Crippen LogP contribution is -2.35. The van der Waals surface area contributed by atoms with Gasteiger partial charge in [-0.3, -0.25) is 0 Å². The first-order valence-corrected chi connectivity index (χ1v) is 5.94. The fourth-order valence-electron chi connectivity index (χ4n) is 1.95. The van der Waals surface area contributed by atoms with E-state index in [2.05, 4.69) is 5.32 Å². The van der Waals surface area contributed by atoms with Crippen LogP contribution in [0, 0.1) is 0 Å². The van der Waals surface area contributed by atoms with Gasteiger partial charge in [0.05, 0.1) is 6.10 Å². The molecule has 0 unspecified atom stereocenters. The summed E-state index contributed by atoms with van der Waals surface area (Å²) in [4.78, 5) is 0. The van der Waals surface area contributed by atoms with Gasteiger partial charge in [0.1, 0.15) is 6.61 Å². The van der Waals surface area contributed by atoms with Crippen LogP contribution in [-0.2, 0) is 10.7 Å². The molecular weight excluding hydrogens is 224 g/mol. The van der Waals surface area contributed by atoms with Crippen molar-refractivity contribution in [2.24, 2.45) is 0 Å². The van der Waals surface area contributed by atoms with E-state index in [1.807, 2.05) is 0 Å². The van der Waals surface area contributed by atoms with Gasteiger partial charge >= 0.3 is 0 Å². The normalized spacial score (nSPS) is 18.2. The van der Waals surface area contributed by atoms with E-state index >= 15 is 0 Å². The van der Waals surface area contributed by atoms with Crippen LogP contribution in [0.25, 0.3) is 0 Å². The van der Waals surface area contributed by atoms with Crippen molar-refractivity contribution in [1.82, 2.24) is 5.32 Å². The molecule has 1 saturated heterocycles. The fourth-order valence-corrected chi connectivity index (χ4v) is 1.95. The second kappa shape index (κ2) is 5.56. The number of halogens is 2. The largest absolute Gasteiger partial charge is 0.371 e. The van der Waals surface area contributed by atoms with Gasteiger partial charge in [-0.05, 0) is 25.9 Å². The molecule has 0 saturated carbocycles. The highest BCUT2D eigenvalue weighted by Gasteiger charge is 2.32. The average Bonchev–Trinajstić information content (AvgIpc) is 2.39. The summed E-state index contributed by atoms with van der Waals surface area (Å²) in [5.41, 5.74) is 0.0222. The molecule has 0 bridgehead atoms. The predicted molar refractivity (Wildman–Crippen MR) is 62.2 cm³/mol. The van der Waals surface area contributed by atoms with Gasteiger partial charge in [-0.2, -0.15) is 8.78 Å². The first-order chi connectivity index (χ1) is 8.18. The number of alkyl halides is 2. The third-order valence-electron chi connectivity index (χ3n) is 2.98. The van der Waals surface area contributed by atoms with E-state index in [-0.39, 0.29) is 11.7 Å². The Bertz CT molecular complexity index is 337. The highest BCUT2D eigenvalue weighted by molar-refractivity contribution is 5.19. The molecule has 2 nitrogen and oxygen atoms in total. The molecule has 1 aliphatic rings. The summed E-state index contributed by atoms with van der Waals surface area (Å²) in [6.07, 6.45) is 1.58. The van der Waals surface area contributed by atoms with Crippen LogP contribution in [-0.4, -0.2) is 25.8 Å². The summed E-state index contributed by atoms with van der Waals surface area (Å²) < 4.78 is 32.9. The van der Waals surface area contributed by atoms with E-state index in [0.29, 0.717) is 0 Å². The third-order valence-corrected chi connectivity index (χ3v) is 2.98. The number of piperidine rings is 1.